The predicted octanol–water partition coefficient (Wildman–Crippen LogP) is 2.90. The summed E-state index contributed by atoms with van der Waals surface area (Å²) in [5.74, 6) is 1.92. The Morgan fingerprint density at radius 3 is 2.87 bits per heavy atom. The van der Waals surface area contributed by atoms with Gasteiger partial charge in [0.15, 0.2) is 5.82 Å². The topological polar surface area (TPSA) is 100.0 Å². The minimum Gasteiger partial charge on any atom is -0.411 e. The lowest BCUT2D eigenvalue weighted by atomic mass is 10.3. The zero-order valence-corrected chi connectivity index (χ0v) is 13.5. The van der Waals surface area contributed by atoms with Crippen molar-refractivity contribution in [2.75, 3.05) is 6.61 Å². The highest BCUT2D eigenvalue weighted by Gasteiger charge is 2.15. The Labute approximate surface area is 136 Å². The molecule has 0 fully saturated rings. The first-order chi connectivity index (χ1) is 11.3. The normalized spacial score (nSPS) is 12.4. The van der Waals surface area contributed by atoms with Crippen molar-refractivity contribution >= 4 is 11.8 Å². The van der Waals surface area contributed by atoms with Gasteiger partial charge in [0, 0.05) is 24.6 Å². The smallest absolute Gasteiger partial charge is 0.277 e. The number of nitrogens with zero attached hydrogens (tertiary/aromatic N) is 5. The molecule has 0 aromatic carbocycles. The van der Waals surface area contributed by atoms with Crippen molar-refractivity contribution < 1.29 is 13.7 Å². The third kappa shape index (κ3) is 3.93. The third-order valence-electron chi connectivity index (χ3n) is 2.92. The van der Waals surface area contributed by atoms with E-state index in [1.54, 1.807) is 24.5 Å². The maximum absolute atomic E-state index is 5.58. The SMILES string of the molecule is CCO[C@H](C)c1noc(CSc2nnc(-c3ccncc3)o2)n1. The summed E-state index contributed by atoms with van der Waals surface area (Å²) in [7, 11) is 0. The molecule has 0 saturated heterocycles. The van der Waals surface area contributed by atoms with E-state index in [0.717, 1.165) is 5.56 Å². The average molecular weight is 333 g/mol. The Hall–Kier alpha value is -2.26. The van der Waals surface area contributed by atoms with Crippen LogP contribution >= 0.6 is 11.8 Å². The number of hydrogen-bond donors (Lipinski definition) is 0. The van der Waals surface area contributed by atoms with Crippen LogP contribution in [0.1, 0.15) is 31.7 Å². The highest BCUT2D eigenvalue weighted by atomic mass is 32.2. The summed E-state index contributed by atoms with van der Waals surface area (Å²) in [6.07, 6.45) is 3.15. The lowest BCUT2D eigenvalue weighted by Crippen LogP contribution is -2.01. The van der Waals surface area contributed by atoms with Gasteiger partial charge in [0.25, 0.3) is 5.22 Å². The number of thioether (sulfide) groups is 1. The van der Waals surface area contributed by atoms with Gasteiger partial charge in [0.1, 0.15) is 6.10 Å². The monoisotopic (exact) mass is 333 g/mol. The second-order valence-electron chi connectivity index (χ2n) is 4.54. The molecule has 0 bridgehead atoms. The van der Waals surface area contributed by atoms with Crippen LogP contribution in [0.3, 0.4) is 0 Å². The van der Waals surface area contributed by atoms with Crippen LogP contribution in [0.15, 0.2) is 38.7 Å². The molecule has 0 saturated carbocycles. The zero-order valence-electron chi connectivity index (χ0n) is 12.7. The van der Waals surface area contributed by atoms with Crippen molar-refractivity contribution in [3.63, 3.8) is 0 Å². The predicted molar refractivity (Wildman–Crippen MR) is 81.4 cm³/mol. The fraction of sp³-hybridized carbons (Fsp3) is 0.357. The molecular formula is C14H15N5O3S. The van der Waals surface area contributed by atoms with Crippen LogP contribution in [0.4, 0.5) is 0 Å². The van der Waals surface area contributed by atoms with Gasteiger partial charge in [-0.15, -0.1) is 10.2 Å². The Kier molecular flexibility index (Phi) is 4.99. The standard InChI is InChI=1S/C14H15N5O3S/c1-3-20-9(2)12-16-11(22-19-12)8-23-14-18-17-13(21-14)10-4-6-15-7-5-10/h4-7,9H,3,8H2,1-2H3/t9-/m1/s1. The fourth-order valence-electron chi connectivity index (χ4n) is 1.82. The molecule has 0 radical (unpaired) electrons. The molecular weight excluding hydrogens is 318 g/mol. The Morgan fingerprint density at radius 2 is 2.09 bits per heavy atom. The molecule has 1 atom stereocenters. The minimum absolute atomic E-state index is 0.191. The molecule has 3 heterocycles. The van der Waals surface area contributed by atoms with Gasteiger partial charge in [-0.1, -0.05) is 16.9 Å². The Balaban J connectivity index is 1.60. The summed E-state index contributed by atoms with van der Waals surface area (Å²) in [4.78, 5) is 8.24. The van der Waals surface area contributed by atoms with E-state index in [9.17, 15) is 0 Å². The summed E-state index contributed by atoms with van der Waals surface area (Å²) in [5.41, 5.74) is 0.824. The molecule has 0 aliphatic rings. The molecule has 0 aliphatic heterocycles. The van der Waals surface area contributed by atoms with Gasteiger partial charge in [-0.05, 0) is 26.0 Å². The number of aromatic nitrogens is 5. The van der Waals surface area contributed by atoms with Crippen molar-refractivity contribution in [2.24, 2.45) is 0 Å². The van der Waals surface area contributed by atoms with Gasteiger partial charge in [-0.2, -0.15) is 4.98 Å². The minimum atomic E-state index is -0.191. The van der Waals surface area contributed by atoms with Gasteiger partial charge in [0.05, 0.1) is 5.75 Å². The van der Waals surface area contributed by atoms with E-state index < -0.39 is 0 Å². The first-order valence-corrected chi connectivity index (χ1v) is 8.05. The maximum Gasteiger partial charge on any atom is 0.277 e. The quantitative estimate of drug-likeness (QED) is 0.604. The first kappa shape index (κ1) is 15.6. The molecule has 0 amide bonds. The van der Waals surface area contributed by atoms with Crippen LogP contribution in [-0.4, -0.2) is 31.9 Å². The van der Waals surface area contributed by atoms with Crippen molar-refractivity contribution in [2.45, 2.75) is 30.9 Å². The van der Waals surface area contributed by atoms with Crippen molar-refractivity contribution in [1.82, 2.24) is 25.3 Å². The van der Waals surface area contributed by atoms with E-state index >= 15 is 0 Å². The van der Waals surface area contributed by atoms with Gasteiger partial charge < -0.3 is 13.7 Å². The second-order valence-corrected chi connectivity index (χ2v) is 5.47. The van der Waals surface area contributed by atoms with Gasteiger partial charge >= 0.3 is 0 Å². The van der Waals surface area contributed by atoms with E-state index in [0.29, 0.717) is 35.2 Å². The van der Waals surface area contributed by atoms with Crippen LogP contribution < -0.4 is 0 Å². The maximum atomic E-state index is 5.58. The zero-order chi connectivity index (χ0) is 16.1. The first-order valence-electron chi connectivity index (χ1n) is 7.07. The molecule has 3 rings (SSSR count). The Bertz CT molecular complexity index is 746. The molecule has 3 aromatic heterocycles. The van der Waals surface area contributed by atoms with Crippen molar-refractivity contribution in [3.05, 3.63) is 36.2 Å². The number of rotatable bonds is 7. The van der Waals surface area contributed by atoms with E-state index in [1.165, 1.54) is 11.8 Å². The number of hydrogen-bond acceptors (Lipinski definition) is 9. The summed E-state index contributed by atoms with van der Waals surface area (Å²) in [6, 6.07) is 3.61. The molecule has 0 aliphatic carbocycles. The Morgan fingerprint density at radius 1 is 1.26 bits per heavy atom. The van der Waals surface area contributed by atoms with Gasteiger partial charge in [-0.25, -0.2) is 0 Å². The molecule has 0 unspecified atom stereocenters. The van der Waals surface area contributed by atoms with Crippen molar-refractivity contribution in [1.29, 1.82) is 0 Å². The molecule has 23 heavy (non-hydrogen) atoms. The van der Waals surface area contributed by atoms with Crippen LogP contribution in [0, 0.1) is 0 Å². The average Bonchev–Trinajstić information content (AvgIpc) is 3.23. The molecule has 9 heteroatoms. The molecule has 3 aromatic rings. The number of pyridine rings is 1. The van der Waals surface area contributed by atoms with Gasteiger partial charge in [-0.3, -0.25) is 4.98 Å². The molecule has 0 spiro atoms. The van der Waals surface area contributed by atoms with Crippen LogP contribution in [0.2, 0.25) is 0 Å². The van der Waals surface area contributed by atoms with Crippen LogP contribution in [-0.2, 0) is 10.5 Å². The summed E-state index contributed by atoms with van der Waals surface area (Å²) >= 11 is 1.33. The highest BCUT2D eigenvalue weighted by Crippen LogP contribution is 2.25. The van der Waals surface area contributed by atoms with Crippen LogP contribution in [0.25, 0.3) is 11.5 Å². The fourth-order valence-corrected chi connectivity index (χ4v) is 2.42. The van der Waals surface area contributed by atoms with E-state index in [1.807, 2.05) is 13.8 Å². The highest BCUT2D eigenvalue weighted by molar-refractivity contribution is 7.98. The molecule has 120 valence electrons. The lowest BCUT2D eigenvalue weighted by molar-refractivity contribution is 0.0683. The van der Waals surface area contributed by atoms with Crippen LogP contribution in [0.5, 0.6) is 0 Å². The van der Waals surface area contributed by atoms with E-state index in [-0.39, 0.29) is 6.10 Å². The van der Waals surface area contributed by atoms with Crippen molar-refractivity contribution in [3.8, 4) is 11.5 Å². The largest absolute Gasteiger partial charge is 0.411 e. The molecule has 0 N–H and O–H groups in total. The molecule has 8 nitrogen and oxygen atoms in total. The summed E-state index contributed by atoms with van der Waals surface area (Å²) in [6.45, 7) is 4.40. The summed E-state index contributed by atoms with van der Waals surface area (Å²) < 4.78 is 16.2. The lowest BCUT2D eigenvalue weighted by Gasteiger charge is -2.04. The van der Waals surface area contributed by atoms with Gasteiger partial charge in [0.2, 0.25) is 11.8 Å². The van der Waals surface area contributed by atoms with E-state index in [2.05, 4.69) is 25.3 Å². The summed E-state index contributed by atoms with van der Waals surface area (Å²) in [5, 5.41) is 12.3. The van der Waals surface area contributed by atoms with E-state index in [4.69, 9.17) is 13.7 Å². The third-order valence-corrected chi connectivity index (χ3v) is 3.72. The number of ether oxygens (including phenoxy) is 1. The second kappa shape index (κ2) is 7.34.